The fourth-order valence-corrected chi connectivity index (χ4v) is 2.68. The highest BCUT2D eigenvalue weighted by Crippen LogP contribution is 2.06. The number of nitrogens with zero attached hydrogens (tertiary/aromatic N) is 1. The summed E-state index contributed by atoms with van der Waals surface area (Å²) >= 11 is 0. The lowest BCUT2D eigenvalue weighted by Crippen LogP contribution is -2.39. The predicted octanol–water partition coefficient (Wildman–Crippen LogP) is 0.633. The number of nitrogens with one attached hydrogen (secondary N) is 1. The normalized spacial score (nSPS) is 11.6. The SMILES string of the molecule is COCCN(CCNC(=O)c1ccccc1C)S(C)(=O)=O. The first-order valence-corrected chi connectivity index (χ1v) is 8.49. The number of hydrogen-bond donors (Lipinski definition) is 1. The van der Waals surface area contributed by atoms with Gasteiger partial charge in [-0.2, -0.15) is 4.31 Å². The summed E-state index contributed by atoms with van der Waals surface area (Å²) in [5.41, 5.74) is 1.48. The van der Waals surface area contributed by atoms with Crippen molar-refractivity contribution in [2.75, 3.05) is 39.6 Å². The van der Waals surface area contributed by atoms with Crippen LogP contribution < -0.4 is 5.32 Å². The second-order valence-electron chi connectivity index (χ2n) is 4.73. The molecule has 0 unspecified atom stereocenters. The summed E-state index contributed by atoms with van der Waals surface area (Å²) in [6.45, 7) is 2.93. The Morgan fingerprint density at radius 1 is 1.29 bits per heavy atom. The van der Waals surface area contributed by atoms with Gasteiger partial charge in [-0.05, 0) is 18.6 Å². The van der Waals surface area contributed by atoms with Gasteiger partial charge < -0.3 is 10.1 Å². The third-order valence-electron chi connectivity index (χ3n) is 3.05. The van der Waals surface area contributed by atoms with E-state index in [0.29, 0.717) is 12.2 Å². The molecular formula is C14H22N2O4S. The molecule has 0 saturated carbocycles. The molecule has 7 heteroatoms. The monoisotopic (exact) mass is 314 g/mol. The first-order chi connectivity index (χ1) is 9.86. The van der Waals surface area contributed by atoms with Gasteiger partial charge in [-0.1, -0.05) is 18.2 Å². The number of aryl methyl sites for hydroxylation is 1. The lowest BCUT2D eigenvalue weighted by atomic mass is 10.1. The molecule has 1 N–H and O–H groups in total. The van der Waals surface area contributed by atoms with Crippen LogP contribution in [-0.4, -0.2) is 58.2 Å². The molecule has 1 amide bonds. The number of ether oxygens (including phenoxy) is 1. The highest BCUT2D eigenvalue weighted by Gasteiger charge is 2.16. The van der Waals surface area contributed by atoms with Gasteiger partial charge in [0, 0.05) is 32.3 Å². The minimum absolute atomic E-state index is 0.201. The maximum absolute atomic E-state index is 12.0. The molecule has 0 fully saturated rings. The quantitative estimate of drug-likeness (QED) is 0.764. The van der Waals surface area contributed by atoms with Crippen molar-refractivity contribution in [3.05, 3.63) is 35.4 Å². The van der Waals surface area contributed by atoms with Crippen molar-refractivity contribution in [1.82, 2.24) is 9.62 Å². The molecule has 0 radical (unpaired) electrons. The average molecular weight is 314 g/mol. The van der Waals surface area contributed by atoms with Crippen molar-refractivity contribution in [3.8, 4) is 0 Å². The topological polar surface area (TPSA) is 75.7 Å². The smallest absolute Gasteiger partial charge is 0.251 e. The van der Waals surface area contributed by atoms with Crippen LogP contribution in [0.25, 0.3) is 0 Å². The van der Waals surface area contributed by atoms with E-state index in [9.17, 15) is 13.2 Å². The first kappa shape index (κ1) is 17.6. The summed E-state index contributed by atoms with van der Waals surface area (Å²) in [5.74, 6) is -0.201. The molecule has 6 nitrogen and oxygen atoms in total. The summed E-state index contributed by atoms with van der Waals surface area (Å²) in [7, 11) is -1.79. The van der Waals surface area contributed by atoms with Crippen LogP contribution in [0.5, 0.6) is 0 Å². The van der Waals surface area contributed by atoms with Gasteiger partial charge in [-0.25, -0.2) is 8.42 Å². The molecule has 0 aromatic heterocycles. The van der Waals surface area contributed by atoms with Crippen molar-refractivity contribution < 1.29 is 17.9 Å². The van der Waals surface area contributed by atoms with E-state index in [-0.39, 0.29) is 25.5 Å². The largest absolute Gasteiger partial charge is 0.383 e. The van der Waals surface area contributed by atoms with Crippen molar-refractivity contribution in [2.24, 2.45) is 0 Å². The first-order valence-electron chi connectivity index (χ1n) is 6.64. The van der Waals surface area contributed by atoms with E-state index in [1.807, 2.05) is 19.1 Å². The zero-order valence-electron chi connectivity index (χ0n) is 12.6. The molecule has 0 spiro atoms. The summed E-state index contributed by atoms with van der Waals surface area (Å²) in [4.78, 5) is 12.0. The number of hydrogen-bond acceptors (Lipinski definition) is 4. The number of carbonyl (C=O) groups excluding carboxylic acids is 1. The van der Waals surface area contributed by atoms with Crippen LogP contribution in [0.3, 0.4) is 0 Å². The number of methoxy groups -OCH3 is 1. The van der Waals surface area contributed by atoms with Gasteiger partial charge in [0.15, 0.2) is 0 Å². The number of amides is 1. The Bertz CT molecular complexity index is 572. The minimum Gasteiger partial charge on any atom is -0.383 e. The van der Waals surface area contributed by atoms with E-state index < -0.39 is 10.0 Å². The van der Waals surface area contributed by atoms with Crippen LogP contribution >= 0.6 is 0 Å². The molecule has 0 bridgehead atoms. The summed E-state index contributed by atoms with van der Waals surface area (Å²) in [5, 5.41) is 2.73. The van der Waals surface area contributed by atoms with Gasteiger partial charge in [0.25, 0.3) is 5.91 Å². The number of carbonyl (C=O) groups is 1. The van der Waals surface area contributed by atoms with Gasteiger partial charge in [-0.15, -0.1) is 0 Å². The lowest BCUT2D eigenvalue weighted by Gasteiger charge is -2.19. The van der Waals surface area contributed by atoms with Crippen molar-refractivity contribution in [3.63, 3.8) is 0 Å². The Labute approximate surface area is 126 Å². The van der Waals surface area contributed by atoms with Crippen LogP contribution in [0.15, 0.2) is 24.3 Å². The van der Waals surface area contributed by atoms with E-state index in [1.54, 1.807) is 12.1 Å². The van der Waals surface area contributed by atoms with Crippen molar-refractivity contribution in [1.29, 1.82) is 0 Å². The van der Waals surface area contributed by atoms with E-state index in [2.05, 4.69) is 5.32 Å². The second kappa shape index (κ2) is 8.11. The van der Waals surface area contributed by atoms with Crippen LogP contribution in [0.1, 0.15) is 15.9 Å². The minimum atomic E-state index is -3.31. The summed E-state index contributed by atoms with van der Waals surface area (Å²) in [6.07, 6.45) is 1.14. The van der Waals surface area contributed by atoms with Crippen molar-refractivity contribution >= 4 is 15.9 Å². The molecular weight excluding hydrogens is 292 g/mol. The van der Waals surface area contributed by atoms with E-state index >= 15 is 0 Å². The van der Waals surface area contributed by atoms with Crippen LogP contribution in [-0.2, 0) is 14.8 Å². The van der Waals surface area contributed by atoms with Gasteiger partial charge in [0.05, 0.1) is 12.9 Å². The molecule has 0 aliphatic heterocycles. The second-order valence-corrected chi connectivity index (χ2v) is 6.71. The molecule has 0 saturated heterocycles. The maximum atomic E-state index is 12.0. The van der Waals surface area contributed by atoms with Crippen molar-refractivity contribution in [2.45, 2.75) is 6.92 Å². The molecule has 0 aliphatic carbocycles. The highest BCUT2D eigenvalue weighted by atomic mass is 32.2. The molecule has 1 rings (SSSR count). The van der Waals surface area contributed by atoms with Crippen LogP contribution in [0, 0.1) is 6.92 Å². The molecule has 118 valence electrons. The third kappa shape index (κ3) is 5.82. The maximum Gasteiger partial charge on any atom is 0.251 e. The molecule has 0 atom stereocenters. The Kier molecular flexibility index (Phi) is 6.80. The van der Waals surface area contributed by atoms with Gasteiger partial charge in [0.1, 0.15) is 0 Å². The molecule has 0 heterocycles. The number of sulfonamides is 1. The van der Waals surface area contributed by atoms with Crippen LogP contribution in [0.2, 0.25) is 0 Å². The Balaban J connectivity index is 2.54. The zero-order valence-corrected chi connectivity index (χ0v) is 13.4. The highest BCUT2D eigenvalue weighted by molar-refractivity contribution is 7.88. The Hall–Kier alpha value is -1.44. The van der Waals surface area contributed by atoms with Crippen LogP contribution in [0.4, 0.5) is 0 Å². The number of rotatable bonds is 8. The number of benzene rings is 1. The predicted molar refractivity (Wildman–Crippen MR) is 81.8 cm³/mol. The van der Waals surface area contributed by atoms with E-state index in [4.69, 9.17) is 4.74 Å². The van der Waals surface area contributed by atoms with Gasteiger partial charge >= 0.3 is 0 Å². The standard InChI is InChI=1S/C14H22N2O4S/c1-12-6-4-5-7-13(12)14(17)15-8-9-16(10-11-20-2)21(3,18)19/h4-7H,8-11H2,1-3H3,(H,15,17). The molecule has 21 heavy (non-hydrogen) atoms. The fourth-order valence-electron chi connectivity index (χ4n) is 1.85. The van der Waals surface area contributed by atoms with Gasteiger partial charge in [-0.3, -0.25) is 4.79 Å². The van der Waals surface area contributed by atoms with E-state index in [1.165, 1.54) is 11.4 Å². The average Bonchev–Trinajstić information content (AvgIpc) is 2.41. The zero-order chi connectivity index (χ0) is 15.9. The Morgan fingerprint density at radius 2 is 1.95 bits per heavy atom. The van der Waals surface area contributed by atoms with E-state index in [0.717, 1.165) is 11.8 Å². The fraction of sp³-hybridized carbons (Fsp3) is 0.500. The third-order valence-corrected chi connectivity index (χ3v) is 4.35. The lowest BCUT2D eigenvalue weighted by molar-refractivity contribution is 0.0950. The van der Waals surface area contributed by atoms with Gasteiger partial charge in [0.2, 0.25) is 10.0 Å². The molecule has 0 aliphatic rings. The summed E-state index contributed by atoms with van der Waals surface area (Å²) in [6, 6.07) is 7.26. The Morgan fingerprint density at radius 3 is 2.52 bits per heavy atom. The summed E-state index contributed by atoms with van der Waals surface area (Å²) < 4.78 is 29.4. The molecule has 1 aromatic rings. The molecule has 1 aromatic carbocycles.